The van der Waals surface area contributed by atoms with Crippen LogP contribution in [-0.2, 0) is 0 Å². The quantitative estimate of drug-likeness (QED) is 0.378. The molecule has 0 saturated carbocycles. The molecule has 28 heavy (non-hydrogen) atoms. The van der Waals surface area contributed by atoms with E-state index in [9.17, 15) is 10.1 Å². The molecule has 0 aliphatic carbocycles. The molecule has 2 aromatic carbocycles. The highest BCUT2D eigenvalue weighted by Crippen LogP contribution is 2.39. The Morgan fingerprint density at radius 1 is 1.21 bits per heavy atom. The fourth-order valence-electron chi connectivity index (χ4n) is 1.98. The van der Waals surface area contributed by atoms with Gasteiger partial charge in [0.2, 0.25) is 0 Å². The minimum Gasteiger partial charge on any atom is -0.542 e. The molecule has 0 saturated heterocycles. The molecule has 0 radical (unpaired) electrons. The molecular formula is C20H24BrN3O2SSi. The summed E-state index contributed by atoms with van der Waals surface area (Å²) in [5.41, 5.74) is 1.02. The van der Waals surface area contributed by atoms with Gasteiger partial charge in [0.05, 0.1) is 17.3 Å². The molecule has 148 valence electrons. The van der Waals surface area contributed by atoms with Crippen LogP contribution in [0, 0.1) is 11.3 Å². The minimum atomic E-state index is -2.13. The molecule has 2 N–H and O–H groups in total. The Bertz CT molecular complexity index is 907. The van der Waals surface area contributed by atoms with Crippen LogP contribution in [0.4, 0.5) is 10.5 Å². The van der Waals surface area contributed by atoms with Crippen LogP contribution in [0.15, 0.2) is 51.8 Å². The number of hydrogen-bond donors (Lipinski definition) is 2. The number of urea groups is 1. The third kappa shape index (κ3) is 5.77. The van der Waals surface area contributed by atoms with Gasteiger partial charge in [-0.1, -0.05) is 32.9 Å². The lowest BCUT2D eigenvalue weighted by Crippen LogP contribution is -2.44. The number of hydrogen-bond acceptors (Lipinski definition) is 4. The van der Waals surface area contributed by atoms with E-state index in [1.54, 1.807) is 18.2 Å². The van der Waals surface area contributed by atoms with Crippen LogP contribution in [-0.4, -0.2) is 14.3 Å². The van der Waals surface area contributed by atoms with Crippen molar-refractivity contribution in [3.05, 3.63) is 52.5 Å². The Labute approximate surface area is 180 Å². The second-order valence-corrected chi connectivity index (χ2v) is 14.2. The van der Waals surface area contributed by atoms with E-state index in [1.165, 1.54) is 11.9 Å². The first kappa shape index (κ1) is 22.3. The molecule has 0 aliphatic rings. The number of carbonyl (C=O) groups excluding carboxylic acids is 1. The highest BCUT2D eigenvalue weighted by atomic mass is 79.9. The zero-order valence-electron chi connectivity index (χ0n) is 16.6. The first-order valence-corrected chi connectivity index (χ1v) is 13.3. The number of nitriles is 1. The van der Waals surface area contributed by atoms with Crippen molar-refractivity contribution in [2.24, 2.45) is 0 Å². The van der Waals surface area contributed by atoms with Crippen LogP contribution < -0.4 is 14.5 Å². The maximum atomic E-state index is 12.4. The van der Waals surface area contributed by atoms with E-state index >= 15 is 0 Å². The number of rotatable bonds is 5. The van der Waals surface area contributed by atoms with Gasteiger partial charge in [0.15, 0.2) is 0 Å². The van der Waals surface area contributed by atoms with E-state index in [-0.39, 0.29) is 11.1 Å². The fourth-order valence-corrected chi connectivity index (χ4v) is 4.10. The Balaban J connectivity index is 2.17. The lowest BCUT2D eigenvalue weighted by molar-refractivity contribution is 0.257. The molecule has 2 aromatic rings. The molecule has 0 unspecified atom stereocenters. The maximum absolute atomic E-state index is 12.4. The SMILES string of the molecule is CC(C)(C)[Si](C)(C)Oc1cc(C#N)ccc1NC(=O)NSc1ccccc1Br. The van der Waals surface area contributed by atoms with Crippen LogP contribution in [0.3, 0.4) is 0 Å². The number of carbonyl (C=O) groups is 1. The summed E-state index contributed by atoms with van der Waals surface area (Å²) in [5.74, 6) is 0.520. The van der Waals surface area contributed by atoms with Crippen molar-refractivity contribution in [1.29, 1.82) is 5.26 Å². The molecule has 0 atom stereocenters. The first-order valence-electron chi connectivity index (χ1n) is 8.75. The monoisotopic (exact) mass is 477 g/mol. The number of nitrogens with one attached hydrogen (secondary N) is 2. The van der Waals surface area contributed by atoms with Crippen molar-refractivity contribution in [3.8, 4) is 11.8 Å². The second kappa shape index (κ2) is 9.03. The summed E-state index contributed by atoms with van der Waals surface area (Å²) in [4.78, 5) is 13.3. The van der Waals surface area contributed by atoms with Gasteiger partial charge in [-0.25, -0.2) is 4.79 Å². The summed E-state index contributed by atoms with van der Waals surface area (Å²) < 4.78 is 10.0. The van der Waals surface area contributed by atoms with Crippen LogP contribution in [0.5, 0.6) is 5.75 Å². The minimum absolute atomic E-state index is 0.00931. The predicted octanol–water partition coefficient (Wildman–Crippen LogP) is 6.53. The summed E-state index contributed by atoms with van der Waals surface area (Å²) >= 11 is 4.67. The van der Waals surface area contributed by atoms with Crippen molar-refractivity contribution < 1.29 is 9.22 Å². The molecule has 0 aliphatic heterocycles. The number of benzene rings is 2. The number of nitrogens with zero attached hydrogens (tertiary/aromatic N) is 1. The van der Waals surface area contributed by atoms with Gasteiger partial charge in [-0.2, -0.15) is 5.26 Å². The summed E-state index contributed by atoms with van der Waals surface area (Å²) in [6.45, 7) is 10.7. The first-order chi connectivity index (χ1) is 13.0. The van der Waals surface area contributed by atoms with Gasteiger partial charge < -0.3 is 9.74 Å². The molecule has 2 amide bonds. The molecule has 0 heterocycles. The molecule has 0 spiro atoms. The van der Waals surface area contributed by atoms with E-state index in [2.05, 4.69) is 65.9 Å². The zero-order valence-corrected chi connectivity index (χ0v) is 20.0. The van der Waals surface area contributed by atoms with E-state index in [0.29, 0.717) is 17.0 Å². The lowest BCUT2D eigenvalue weighted by Gasteiger charge is -2.37. The molecule has 5 nitrogen and oxygen atoms in total. The van der Waals surface area contributed by atoms with Gasteiger partial charge in [0, 0.05) is 9.37 Å². The highest BCUT2D eigenvalue weighted by molar-refractivity contribution is 9.10. The molecule has 2 rings (SSSR count). The summed E-state index contributed by atoms with van der Waals surface area (Å²) in [6.07, 6.45) is 0. The van der Waals surface area contributed by atoms with Crippen LogP contribution in [0.2, 0.25) is 18.1 Å². The number of anilines is 1. The number of amides is 2. The van der Waals surface area contributed by atoms with E-state index in [0.717, 1.165) is 9.37 Å². The second-order valence-electron chi connectivity index (χ2n) is 7.77. The lowest BCUT2D eigenvalue weighted by atomic mass is 10.2. The van der Waals surface area contributed by atoms with Crippen LogP contribution >= 0.6 is 27.9 Å². The van der Waals surface area contributed by atoms with E-state index in [1.807, 2.05) is 24.3 Å². The fraction of sp³-hybridized carbons (Fsp3) is 0.300. The van der Waals surface area contributed by atoms with E-state index < -0.39 is 8.32 Å². The van der Waals surface area contributed by atoms with Crippen molar-refractivity contribution >= 4 is 47.9 Å². The topological polar surface area (TPSA) is 74.1 Å². The summed E-state index contributed by atoms with van der Waals surface area (Å²) in [6, 6.07) is 14.4. The van der Waals surface area contributed by atoms with Gasteiger partial charge >= 0.3 is 6.03 Å². The van der Waals surface area contributed by atoms with Gasteiger partial charge in [-0.3, -0.25) is 4.72 Å². The predicted molar refractivity (Wildman–Crippen MR) is 121 cm³/mol. The van der Waals surface area contributed by atoms with Crippen molar-refractivity contribution in [3.63, 3.8) is 0 Å². The average molecular weight is 478 g/mol. The van der Waals surface area contributed by atoms with Crippen LogP contribution in [0.1, 0.15) is 26.3 Å². The molecule has 0 aromatic heterocycles. The normalized spacial score (nSPS) is 11.5. The van der Waals surface area contributed by atoms with Crippen molar-refractivity contribution in [1.82, 2.24) is 4.72 Å². The Hall–Kier alpha value is -1.95. The maximum Gasteiger partial charge on any atom is 0.329 e. The highest BCUT2D eigenvalue weighted by Gasteiger charge is 2.39. The van der Waals surface area contributed by atoms with Gasteiger partial charge in [-0.05, 0) is 76.3 Å². The Morgan fingerprint density at radius 2 is 1.89 bits per heavy atom. The van der Waals surface area contributed by atoms with Gasteiger partial charge in [0.25, 0.3) is 8.32 Å². The van der Waals surface area contributed by atoms with Crippen molar-refractivity contribution in [2.45, 2.75) is 43.8 Å². The molecule has 0 fully saturated rings. The van der Waals surface area contributed by atoms with Gasteiger partial charge in [-0.15, -0.1) is 0 Å². The molecule has 0 bridgehead atoms. The largest absolute Gasteiger partial charge is 0.542 e. The zero-order chi connectivity index (χ0) is 20.9. The number of halogens is 1. The standard InChI is InChI=1S/C20H24BrN3O2SSi/c1-20(2,3)28(4,5)26-17-12-14(13-22)10-11-16(17)23-19(25)24-27-18-9-7-6-8-15(18)21/h6-12H,1-5H3,(H2,23,24,25). The summed E-state index contributed by atoms with van der Waals surface area (Å²) in [7, 11) is -2.13. The van der Waals surface area contributed by atoms with E-state index in [4.69, 9.17) is 4.43 Å². The van der Waals surface area contributed by atoms with Crippen LogP contribution in [0.25, 0.3) is 0 Å². The Kier molecular flexibility index (Phi) is 7.20. The third-order valence-electron chi connectivity index (χ3n) is 4.62. The average Bonchev–Trinajstić information content (AvgIpc) is 2.61. The molecule has 8 heteroatoms. The third-order valence-corrected chi connectivity index (χ3v) is 10.8. The summed E-state index contributed by atoms with van der Waals surface area (Å²) in [5, 5.41) is 12.0. The van der Waals surface area contributed by atoms with Crippen molar-refractivity contribution in [2.75, 3.05) is 5.32 Å². The molecular weight excluding hydrogens is 454 g/mol. The van der Waals surface area contributed by atoms with Gasteiger partial charge in [0.1, 0.15) is 5.75 Å². The Morgan fingerprint density at radius 3 is 2.50 bits per heavy atom. The smallest absolute Gasteiger partial charge is 0.329 e.